The molecule has 1 heterocycles. The summed E-state index contributed by atoms with van der Waals surface area (Å²) in [5.41, 5.74) is 16.8. The van der Waals surface area contributed by atoms with Gasteiger partial charge in [-0.3, -0.25) is 9.69 Å². The van der Waals surface area contributed by atoms with Crippen molar-refractivity contribution < 1.29 is 4.79 Å². The maximum Gasteiger partial charge on any atom is 0.161 e. The van der Waals surface area contributed by atoms with Gasteiger partial charge in [0.2, 0.25) is 0 Å². The molecule has 2 aliphatic rings. The fraction of sp³-hybridized carbons (Fsp3) is 0.294. The lowest BCUT2D eigenvalue weighted by Gasteiger charge is -2.40. The molecule has 5 rings (SSSR count). The third kappa shape index (κ3) is 5.02. The number of hydrogen-bond donors (Lipinski definition) is 1. The number of ketones is 1. The molecule has 0 aromatic heterocycles. The molecule has 0 fully saturated rings. The van der Waals surface area contributed by atoms with Crippen LogP contribution in [-0.4, -0.2) is 5.78 Å². The first kappa shape index (κ1) is 26.8. The van der Waals surface area contributed by atoms with Crippen molar-refractivity contribution >= 4 is 23.2 Å². The monoisotopic (exact) mass is 533 g/mol. The largest absolute Gasteiger partial charge is 0.384 e. The van der Waals surface area contributed by atoms with Crippen molar-refractivity contribution in [3.8, 4) is 6.07 Å². The quantitative estimate of drug-likeness (QED) is 0.328. The number of rotatable bonds is 6. The highest BCUT2D eigenvalue weighted by Crippen LogP contribution is 2.47. The fourth-order valence-electron chi connectivity index (χ4n) is 5.86. The van der Waals surface area contributed by atoms with Crippen LogP contribution in [0.5, 0.6) is 0 Å². The number of carbonyl (C=O) groups is 1. The summed E-state index contributed by atoms with van der Waals surface area (Å²) >= 11 is 1.82. The average molecular weight is 534 g/mol. The van der Waals surface area contributed by atoms with Crippen LogP contribution in [-0.2, 0) is 17.0 Å². The molecule has 0 bridgehead atoms. The fourth-order valence-corrected chi connectivity index (χ4v) is 6.94. The predicted octanol–water partition coefficient (Wildman–Crippen LogP) is 7.77. The molecule has 1 aliphatic heterocycles. The Labute approximate surface area is 236 Å². The van der Waals surface area contributed by atoms with Crippen LogP contribution in [0.4, 0.5) is 5.69 Å². The Hall–Kier alpha value is -3.75. The number of benzene rings is 3. The molecule has 1 aliphatic carbocycles. The maximum atomic E-state index is 13.6. The van der Waals surface area contributed by atoms with Crippen LogP contribution in [0.2, 0.25) is 0 Å². The second kappa shape index (κ2) is 11.2. The SMILES string of the molecule is CCc1ccc(N2C(N)=C(C#N)C(c3cc(C)cc(CSc4ccccc4C)c3C)C3=C2CCCC3=O)cc1. The van der Waals surface area contributed by atoms with Gasteiger partial charge in [0.25, 0.3) is 0 Å². The molecule has 39 heavy (non-hydrogen) atoms. The lowest BCUT2D eigenvalue weighted by molar-refractivity contribution is -0.116. The summed E-state index contributed by atoms with van der Waals surface area (Å²) in [5.74, 6) is 0.908. The first-order chi connectivity index (χ1) is 18.8. The van der Waals surface area contributed by atoms with Crippen LogP contribution in [0.1, 0.15) is 65.5 Å². The molecule has 0 saturated heterocycles. The molecule has 198 valence electrons. The molecule has 0 amide bonds. The van der Waals surface area contributed by atoms with Gasteiger partial charge < -0.3 is 5.73 Å². The van der Waals surface area contributed by atoms with E-state index in [-0.39, 0.29) is 5.78 Å². The van der Waals surface area contributed by atoms with E-state index in [0.717, 1.165) is 58.7 Å². The number of nitrogens with two attached hydrogens (primary N) is 1. The highest BCUT2D eigenvalue weighted by Gasteiger charge is 2.41. The van der Waals surface area contributed by atoms with Gasteiger partial charge in [0.15, 0.2) is 5.78 Å². The van der Waals surface area contributed by atoms with Gasteiger partial charge in [-0.25, -0.2) is 0 Å². The predicted molar refractivity (Wildman–Crippen MR) is 160 cm³/mol. The Morgan fingerprint density at radius 2 is 1.79 bits per heavy atom. The zero-order valence-electron chi connectivity index (χ0n) is 23.2. The standard InChI is InChI=1S/C34H35N3OS/c1-5-24-13-15-26(16-14-24)37-29-10-8-11-30(38)33(29)32(28(19-35)34(37)36)27-18-21(2)17-25(23(27)4)20-39-31-12-7-6-9-22(31)3/h6-7,9,12-18,32H,5,8,10-11,20,36H2,1-4H3. The van der Waals surface area contributed by atoms with Gasteiger partial charge in [0, 0.05) is 34.0 Å². The molecular formula is C34H35N3OS. The Bertz CT molecular complexity index is 1540. The summed E-state index contributed by atoms with van der Waals surface area (Å²) in [6.45, 7) is 8.47. The van der Waals surface area contributed by atoms with E-state index < -0.39 is 5.92 Å². The Balaban J connectivity index is 1.63. The molecule has 4 nitrogen and oxygen atoms in total. The number of nitrogens with zero attached hydrogens (tertiary/aromatic N) is 2. The number of hydrogen-bond acceptors (Lipinski definition) is 5. The molecule has 3 aromatic carbocycles. The van der Waals surface area contributed by atoms with Crippen LogP contribution in [0.25, 0.3) is 0 Å². The maximum absolute atomic E-state index is 13.6. The van der Waals surface area contributed by atoms with Gasteiger partial charge in [0.05, 0.1) is 17.6 Å². The Morgan fingerprint density at radius 1 is 1.05 bits per heavy atom. The molecule has 2 N–H and O–H groups in total. The molecule has 1 unspecified atom stereocenters. The second-order valence-corrected chi connectivity index (χ2v) is 11.5. The number of aryl methyl sites for hydroxylation is 3. The molecule has 0 spiro atoms. The summed E-state index contributed by atoms with van der Waals surface area (Å²) in [6, 6.07) is 23.5. The van der Waals surface area contributed by atoms with E-state index in [1.165, 1.54) is 21.6 Å². The Kier molecular flexibility index (Phi) is 7.68. The van der Waals surface area contributed by atoms with E-state index in [9.17, 15) is 10.1 Å². The van der Waals surface area contributed by atoms with Crippen LogP contribution in [0.15, 0.2) is 88.2 Å². The van der Waals surface area contributed by atoms with Crippen LogP contribution < -0.4 is 10.6 Å². The van der Waals surface area contributed by atoms with Gasteiger partial charge in [0.1, 0.15) is 5.82 Å². The minimum Gasteiger partial charge on any atom is -0.384 e. The number of thioether (sulfide) groups is 1. The highest BCUT2D eigenvalue weighted by atomic mass is 32.2. The smallest absolute Gasteiger partial charge is 0.161 e. The summed E-state index contributed by atoms with van der Waals surface area (Å²) < 4.78 is 0. The summed E-state index contributed by atoms with van der Waals surface area (Å²) in [5, 5.41) is 10.5. The van der Waals surface area contributed by atoms with E-state index >= 15 is 0 Å². The minimum absolute atomic E-state index is 0.119. The van der Waals surface area contributed by atoms with Crippen LogP contribution >= 0.6 is 11.8 Å². The molecule has 1 atom stereocenters. The lowest BCUT2D eigenvalue weighted by atomic mass is 9.73. The van der Waals surface area contributed by atoms with Gasteiger partial charge in [-0.2, -0.15) is 5.26 Å². The normalized spacial score (nSPS) is 17.4. The van der Waals surface area contributed by atoms with Gasteiger partial charge >= 0.3 is 0 Å². The first-order valence-electron chi connectivity index (χ1n) is 13.7. The van der Waals surface area contributed by atoms with Crippen molar-refractivity contribution in [3.05, 3.63) is 117 Å². The van der Waals surface area contributed by atoms with E-state index in [2.05, 4.69) is 82.3 Å². The van der Waals surface area contributed by atoms with Crippen molar-refractivity contribution in [2.45, 2.75) is 69.9 Å². The minimum atomic E-state index is -0.453. The van der Waals surface area contributed by atoms with E-state index in [0.29, 0.717) is 17.8 Å². The second-order valence-electron chi connectivity index (χ2n) is 10.5. The van der Waals surface area contributed by atoms with Gasteiger partial charge in [-0.15, -0.1) is 11.8 Å². The zero-order valence-corrected chi connectivity index (χ0v) is 24.0. The molecular weight excluding hydrogens is 498 g/mol. The number of allylic oxidation sites excluding steroid dienone is 3. The molecule has 3 aromatic rings. The first-order valence-corrected chi connectivity index (χ1v) is 14.7. The van der Waals surface area contributed by atoms with Crippen LogP contribution in [0.3, 0.4) is 0 Å². The third-order valence-corrected chi connectivity index (χ3v) is 9.23. The number of nitriles is 1. The molecule has 0 radical (unpaired) electrons. The van der Waals surface area contributed by atoms with Crippen molar-refractivity contribution in [2.75, 3.05) is 4.90 Å². The van der Waals surface area contributed by atoms with Crippen molar-refractivity contribution in [3.63, 3.8) is 0 Å². The Morgan fingerprint density at radius 3 is 2.49 bits per heavy atom. The van der Waals surface area contributed by atoms with Gasteiger partial charge in [-0.1, -0.05) is 55.0 Å². The average Bonchev–Trinajstić information content (AvgIpc) is 2.94. The third-order valence-electron chi connectivity index (χ3n) is 8.00. The summed E-state index contributed by atoms with van der Waals surface area (Å²) in [7, 11) is 0. The number of anilines is 1. The van der Waals surface area contributed by atoms with Crippen molar-refractivity contribution in [1.82, 2.24) is 0 Å². The number of Topliss-reactive ketones (excluding diaryl/α,β-unsaturated/α-hetero) is 1. The zero-order chi connectivity index (χ0) is 27.7. The van der Waals surface area contributed by atoms with E-state index in [1.54, 1.807) is 0 Å². The van der Waals surface area contributed by atoms with Gasteiger partial charge in [-0.05, 0) is 86.1 Å². The van der Waals surface area contributed by atoms with Crippen molar-refractivity contribution in [2.24, 2.45) is 5.73 Å². The van der Waals surface area contributed by atoms with E-state index in [4.69, 9.17) is 5.73 Å². The summed E-state index contributed by atoms with van der Waals surface area (Å²) in [4.78, 5) is 16.8. The topological polar surface area (TPSA) is 70.1 Å². The lowest BCUT2D eigenvalue weighted by Crippen LogP contribution is -2.39. The van der Waals surface area contributed by atoms with E-state index in [1.807, 2.05) is 28.8 Å². The summed E-state index contributed by atoms with van der Waals surface area (Å²) in [6.07, 6.45) is 2.99. The number of carbonyl (C=O) groups excluding carboxylic acids is 1. The molecule has 5 heteroatoms. The van der Waals surface area contributed by atoms with Crippen LogP contribution in [0, 0.1) is 32.1 Å². The highest BCUT2D eigenvalue weighted by molar-refractivity contribution is 7.98. The molecule has 0 saturated carbocycles. The van der Waals surface area contributed by atoms with Crippen molar-refractivity contribution in [1.29, 1.82) is 5.26 Å².